The van der Waals surface area contributed by atoms with E-state index in [0.29, 0.717) is 18.8 Å². The predicted molar refractivity (Wildman–Crippen MR) is 79.5 cm³/mol. The van der Waals surface area contributed by atoms with Crippen LogP contribution in [0, 0.1) is 10.1 Å². The highest BCUT2D eigenvalue weighted by Crippen LogP contribution is 2.22. The zero-order valence-corrected chi connectivity index (χ0v) is 12.7. The van der Waals surface area contributed by atoms with E-state index in [2.05, 4.69) is 5.32 Å². The number of hydrogen-bond acceptors (Lipinski definition) is 5. The zero-order chi connectivity index (χ0) is 15.1. The van der Waals surface area contributed by atoms with Gasteiger partial charge in [-0.2, -0.15) is 0 Å². The van der Waals surface area contributed by atoms with Crippen LogP contribution in [0.15, 0.2) is 18.2 Å². The maximum Gasteiger partial charge on any atom is 0.273 e. The van der Waals surface area contributed by atoms with Gasteiger partial charge in [0.2, 0.25) is 0 Å². The zero-order valence-electron chi connectivity index (χ0n) is 11.9. The number of nitro benzene ring substituents is 1. The van der Waals surface area contributed by atoms with Crippen LogP contribution in [0.4, 0.5) is 5.69 Å². The minimum Gasteiger partial charge on any atom is -0.496 e. The molecule has 2 unspecified atom stereocenters. The highest BCUT2D eigenvalue weighted by molar-refractivity contribution is 7.84. The van der Waals surface area contributed by atoms with Gasteiger partial charge in [-0.1, -0.05) is 6.92 Å². The molecular weight excluding hydrogens is 280 g/mol. The lowest BCUT2D eigenvalue weighted by Crippen LogP contribution is -2.21. The van der Waals surface area contributed by atoms with E-state index < -0.39 is 15.7 Å². The summed E-state index contributed by atoms with van der Waals surface area (Å²) in [5.41, 5.74) is 0.811. The molecule has 7 heteroatoms. The number of rotatable bonds is 8. The van der Waals surface area contributed by atoms with Crippen LogP contribution in [-0.4, -0.2) is 34.3 Å². The maximum atomic E-state index is 11.2. The Balaban J connectivity index is 2.57. The number of nitrogens with one attached hydrogen (secondary N) is 1. The normalized spacial score (nSPS) is 13.8. The van der Waals surface area contributed by atoms with Gasteiger partial charge in [0.05, 0.1) is 18.1 Å². The second kappa shape index (κ2) is 7.96. The third-order valence-electron chi connectivity index (χ3n) is 3.02. The summed E-state index contributed by atoms with van der Waals surface area (Å²) in [6, 6.07) is 4.68. The number of nitro groups is 1. The first-order valence-corrected chi connectivity index (χ1v) is 7.91. The fourth-order valence-electron chi connectivity index (χ4n) is 1.67. The summed E-state index contributed by atoms with van der Waals surface area (Å²) < 4.78 is 16.3. The van der Waals surface area contributed by atoms with Crippen LogP contribution in [0.5, 0.6) is 5.75 Å². The molecule has 0 amide bonds. The molecule has 0 aliphatic rings. The molecule has 0 radical (unpaired) electrons. The minimum atomic E-state index is -0.823. The molecule has 2 atom stereocenters. The molecular formula is C13H20N2O4S. The van der Waals surface area contributed by atoms with Gasteiger partial charge in [-0.25, -0.2) is 0 Å². The standard InChI is InChI=1S/C13H20N2O4S/c1-10(20(3)18)4-5-14-9-11-6-12(15(16)17)8-13(7-11)19-2/h6-8,10,14H,4-5,9H2,1-3H3. The molecule has 0 bridgehead atoms. The van der Waals surface area contributed by atoms with E-state index in [1.54, 1.807) is 12.3 Å². The summed E-state index contributed by atoms with van der Waals surface area (Å²) in [4.78, 5) is 10.4. The van der Waals surface area contributed by atoms with Crippen molar-refractivity contribution in [3.05, 3.63) is 33.9 Å². The maximum absolute atomic E-state index is 11.2. The number of ether oxygens (including phenoxy) is 1. The van der Waals surface area contributed by atoms with Crippen molar-refractivity contribution in [1.82, 2.24) is 5.32 Å². The Morgan fingerprint density at radius 3 is 2.70 bits per heavy atom. The van der Waals surface area contributed by atoms with Crippen LogP contribution < -0.4 is 10.1 Å². The third kappa shape index (κ3) is 5.26. The second-order valence-corrected chi connectivity index (χ2v) is 6.37. The van der Waals surface area contributed by atoms with E-state index >= 15 is 0 Å². The average molecular weight is 300 g/mol. The lowest BCUT2D eigenvalue weighted by Gasteiger charge is -2.10. The summed E-state index contributed by atoms with van der Waals surface area (Å²) >= 11 is 0. The molecule has 1 N–H and O–H groups in total. The Hall–Kier alpha value is -1.47. The van der Waals surface area contributed by atoms with Crippen molar-refractivity contribution >= 4 is 16.5 Å². The summed E-state index contributed by atoms with van der Waals surface area (Å²) in [5.74, 6) is 0.471. The second-order valence-electron chi connectivity index (χ2n) is 4.57. The Bertz CT molecular complexity index is 493. The van der Waals surface area contributed by atoms with E-state index in [1.807, 2.05) is 6.92 Å². The molecule has 1 rings (SSSR count). The van der Waals surface area contributed by atoms with Gasteiger partial charge >= 0.3 is 0 Å². The molecule has 0 saturated heterocycles. The molecule has 1 aromatic carbocycles. The van der Waals surface area contributed by atoms with Crippen LogP contribution in [-0.2, 0) is 17.3 Å². The van der Waals surface area contributed by atoms with Crippen molar-refractivity contribution in [2.24, 2.45) is 0 Å². The van der Waals surface area contributed by atoms with Gasteiger partial charge in [0, 0.05) is 34.9 Å². The molecule has 0 saturated carbocycles. The molecule has 0 aliphatic carbocycles. The minimum absolute atomic E-state index is 0.0178. The van der Waals surface area contributed by atoms with Gasteiger partial charge < -0.3 is 10.1 Å². The molecule has 20 heavy (non-hydrogen) atoms. The van der Waals surface area contributed by atoms with Gasteiger partial charge in [0.1, 0.15) is 5.75 Å². The van der Waals surface area contributed by atoms with Gasteiger partial charge in [0.15, 0.2) is 0 Å². The topological polar surface area (TPSA) is 81.5 Å². The molecule has 0 spiro atoms. The van der Waals surface area contributed by atoms with Crippen LogP contribution in [0.25, 0.3) is 0 Å². The number of benzene rings is 1. The van der Waals surface area contributed by atoms with Crippen molar-refractivity contribution < 1.29 is 13.9 Å². The quantitative estimate of drug-likeness (QED) is 0.450. The molecule has 6 nitrogen and oxygen atoms in total. The third-order valence-corrected chi connectivity index (χ3v) is 4.39. The Morgan fingerprint density at radius 1 is 1.45 bits per heavy atom. The van der Waals surface area contributed by atoms with Crippen molar-refractivity contribution in [3.8, 4) is 5.75 Å². The monoisotopic (exact) mass is 300 g/mol. The van der Waals surface area contributed by atoms with E-state index in [9.17, 15) is 14.3 Å². The van der Waals surface area contributed by atoms with Crippen LogP contribution in [0.1, 0.15) is 18.9 Å². The van der Waals surface area contributed by atoms with Gasteiger partial charge in [-0.05, 0) is 24.6 Å². The number of nitrogens with zero attached hydrogens (tertiary/aromatic N) is 1. The molecule has 0 aliphatic heterocycles. The first-order chi connectivity index (χ1) is 9.43. The summed E-state index contributed by atoms with van der Waals surface area (Å²) in [5, 5.41) is 14.1. The summed E-state index contributed by atoms with van der Waals surface area (Å²) in [6.45, 7) is 3.17. The largest absolute Gasteiger partial charge is 0.496 e. The summed E-state index contributed by atoms with van der Waals surface area (Å²) in [7, 11) is 0.658. The van der Waals surface area contributed by atoms with E-state index in [-0.39, 0.29) is 10.9 Å². The lowest BCUT2D eigenvalue weighted by molar-refractivity contribution is -0.385. The number of hydrogen-bond donors (Lipinski definition) is 1. The molecule has 1 aromatic rings. The molecule has 0 heterocycles. The average Bonchev–Trinajstić information content (AvgIpc) is 2.42. The lowest BCUT2D eigenvalue weighted by atomic mass is 10.2. The molecule has 112 valence electrons. The Morgan fingerprint density at radius 2 is 2.15 bits per heavy atom. The fourth-order valence-corrected chi connectivity index (χ4v) is 2.12. The molecule has 0 fully saturated rings. The van der Waals surface area contributed by atoms with Crippen molar-refractivity contribution in [3.63, 3.8) is 0 Å². The van der Waals surface area contributed by atoms with Crippen LogP contribution >= 0.6 is 0 Å². The van der Waals surface area contributed by atoms with Gasteiger partial charge in [-0.3, -0.25) is 14.3 Å². The number of methoxy groups -OCH3 is 1. The fraction of sp³-hybridized carbons (Fsp3) is 0.538. The Kier molecular flexibility index (Phi) is 6.60. The van der Waals surface area contributed by atoms with Gasteiger partial charge in [0.25, 0.3) is 5.69 Å². The first-order valence-electron chi connectivity index (χ1n) is 6.29. The van der Waals surface area contributed by atoms with Crippen LogP contribution in [0.3, 0.4) is 0 Å². The highest BCUT2D eigenvalue weighted by atomic mass is 32.2. The molecule has 0 aromatic heterocycles. The predicted octanol–water partition coefficient (Wildman–Crippen LogP) is 1.85. The summed E-state index contributed by atoms with van der Waals surface area (Å²) in [6.07, 6.45) is 2.49. The number of non-ortho nitro benzene ring substituents is 1. The SMILES string of the molecule is COc1cc(CNCCC(C)S(C)=O)cc([N+](=O)[O-])c1. The Labute approximate surface area is 121 Å². The van der Waals surface area contributed by atoms with E-state index in [1.165, 1.54) is 19.2 Å². The smallest absolute Gasteiger partial charge is 0.273 e. The highest BCUT2D eigenvalue weighted by Gasteiger charge is 2.10. The first kappa shape index (κ1) is 16.6. The van der Waals surface area contributed by atoms with E-state index in [4.69, 9.17) is 4.74 Å². The van der Waals surface area contributed by atoms with Crippen molar-refractivity contribution in [2.75, 3.05) is 19.9 Å². The van der Waals surface area contributed by atoms with Gasteiger partial charge in [-0.15, -0.1) is 0 Å². The van der Waals surface area contributed by atoms with Crippen molar-refractivity contribution in [1.29, 1.82) is 0 Å². The van der Waals surface area contributed by atoms with Crippen molar-refractivity contribution in [2.45, 2.75) is 25.1 Å². The van der Waals surface area contributed by atoms with E-state index in [0.717, 1.165) is 12.0 Å². The van der Waals surface area contributed by atoms with Crippen LogP contribution in [0.2, 0.25) is 0 Å².